The Balaban J connectivity index is 1.79. The van der Waals surface area contributed by atoms with E-state index in [-0.39, 0.29) is 0 Å². The molecule has 3 nitrogen and oxygen atoms in total. The quantitative estimate of drug-likeness (QED) is 0.899. The molecule has 0 radical (unpaired) electrons. The summed E-state index contributed by atoms with van der Waals surface area (Å²) in [6.45, 7) is 4.40. The van der Waals surface area contributed by atoms with E-state index < -0.39 is 0 Å². The van der Waals surface area contributed by atoms with Crippen LogP contribution < -0.4 is 10.2 Å². The number of thiazole rings is 1. The van der Waals surface area contributed by atoms with Crippen LogP contribution in [0, 0.1) is 5.92 Å². The average molecular weight is 293 g/mol. The van der Waals surface area contributed by atoms with Crippen LogP contribution in [-0.2, 0) is 13.0 Å². The van der Waals surface area contributed by atoms with Gasteiger partial charge in [-0.15, -0.1) is 11.3 Å². The van der Waals surface area contributed by atoms with E-state index in [1.165, 1.54) is 60.8 Å². The summed E-state index contributed by atoms with van der Waals surface area (Å²) in [5.74, 6) is 0.930. The van der Waals surface area contributed by atoms with Gasteiger partial charge in [0.05, 0.1) is 5.69 Å². The van der Waals surface area contributed by atoms with Crippen molar-refractivity contribution in [3.8, 4) is 0 Å². The van der Waals surface area contributed by atoms with Gasteiger partial charge in [-0.3, -0.25) is 0 Å². The van der Waals surface area contributed by atoms with Gasteiger partial charge in [-0.25, -0.2) is 4.98 Å². The Labute approximate surface area is 126 Å². The van der Waals surface area contributed by atoms with Gasteiger partial charge in [0.15, 0.2) is 5.13 Å². The highest BCUT2D eigenvalue weighted by atomic mass is 32.1. The van der Waals surface area contributed by atoms with Gasteiger partial charge in [0.1, 0.15) is 0 Å². The zero-order chi connectivity index (χ0) is 13.9. The molecule has 1 saturated heterocycles. The summed E-state index contributed by atoms with van der Waals surface area (Å²) in [4.78, 5) is 9.03. The van der Waals surface area contributed by atoms with Gasteiger partial charge in [0.25, 0.3) is 0 Å². The minimum Gasteiger partial charge on any atom is -0.345 e. The molecule has 3 rings (SSSR count). The first-order valence-electron chi connectivity index (χ1n) is 8.23. The first kappa shape index (κ1) is 14.3. The topological polar surface area (TPSA) is 28.2 Å². The van der Waals surface area contributed by atoms with E-state index in [0.29, 0.717) is 0 Å². The zero-order valence-electron chi connectivity index (χ0n) is 12.8. The third kappa shape index (κ3) is 2.73. The van der Waals surface area contributed by atoms with Crippen molar-refractivity contribution in [1.82, 2.24) is 10.3 Å². The van der Waals surface area contributed by atoms with Crippen LogP contribution in [0.25, 0.3) is 0 Å². The minimum absolute atomic E-state index is 0.774. The lowest BCUT2D eigenvalue weighted by Gasteiger charge is -2.29. The molecule has 1 aliphatic heterocycles. The highest BCUT2D eigenvalue weighted by molar-refractivity contribution is 7.15. The molecular weight excluding hydrogens is 266 g/mol. The maximum Gasteiger partial charge on any atom is 0.186 e. The largest absolute Gasteiger partial charge is 0.345 e. The van der Waals surface area contributed by atoms with E-state index in [0.717, 1.165) is 24.9 Å². The second-order valence-electron chi connectivity index (χ2n) is 6.20. The maximum atomic E-state index is 4.96. The Morgan fingerprint density at radius 1 is 1.25 bits per heavy atom. The average Bonchev–Trinajstić information content (AvgIpc) is 3.18. The van der Waals surface area contributed by atoms with Crippen LogP contribution in [0.3, 0.4) is 0 Å². The first-order valence-corrected chi connectivity index (χ1v) is 9.05. The fourth-order valence-corrected chi connectivity index (χ4v) is 5.17. The normalized spacial score (nSPS) is 23.9. The molecule has 1 N–H and O–H groups in total. The summed E-state index contributed by atoms with van der Waals surface area (Å²) >= 11 is 1.92. The lowest BCUT2D eigenvalue weighted by Crippen LogP contribution is -2.34. The van der Waals surface area contributed by atoms with E-state index in [1.807, 2.05) is 18.4 Å². The Morgan fingerprint density at radius 3 is 2.75 bits per heavy atom. The number of nitrogens with one attached hydrogen (secondary N) is 1. The molecule has 112 valence electrons. The molecule has 1 aromatic rings. The minimum atomic E-state index is 0.774. The SMILES string of the molecule is CCc1nc(N2CCCC2C2CCCC2)sc1CNC. The van der Waals surface area contributed by atoms with Gasteiger partial charge in [-0.05, 0) is 45.1 Å². The summed E-state index contributed by atoms with van der Waals surface area (Å²) in [6, 6.07) is 0.774. The lowest BCUT2D eigenvalue weighted by atomic mass is 9.96. The van der Waals surface area contributed by atoms with Gasteiger partial charge in [0, 0.05) is 24.0 Å². The molecule has 0 bridgehead atoms. The summed E-state index contributed by atoms with van der Waals surface area (Å²) < 4.78 is 0. The fourth-order valence-electron chi connectivity index (χ4n) is 3.93. The number of anilines is 1. The van der Waals surface area contributed by atoms with Gasteiger partial charge in [-0.2, -0.15) is 0 Å². The van der Waals surface area contributed by atoms with Crippen LogP contribution in [0.5, 0.6) is 0 Å². The van der Waals surface area contributed by atoms with E-state index in [1.54, 1.807) is 0 Å². The van der Waals surface area contributed by atoms with E-state index >= 15 is 0 Å². The molecule has 4 heteroatoms. The summed E-state index contributed by atoms with van der Waals surface area (Å²) in [5, 5.41) is 4.57. The number of rotatable bonds is 5. The molecule has 0 amide bonds. The molecule has 0 spiro atoms. The fraction of sp³-hybridized carbons (Fsp3) is 0.812. The van der Waals surface area contributed by atoms with Gasteiger partial charge >= 0.3 is 0 Å². The Morgan fingerprint density at radius 2 is 2.05 bits per heavy atom. The van der Waals surface area contributed by atoms with Crippen molar-refractivity contribution in [2.45, 2.75) is 64.5 Å². The lowest BCUT2D eigenvalue weighted by molar-refractivity contribution is 0.430. The van der Waals surface area contributed by atoms with Crippen molar-refractivity contribution in [3.05, 3.63) is 10.6 Å². The monoisotopic (exact) mass is 293 g/mol. The van der Waals surface area contributed by atoms with E-state index in [4.69, 9.17) is 4.98 Å². The highest BCUT2D eigenvalue weighted by Gasteiger charge is 2.34. The van der Waals surface area contributed by atoms with Gasteiger partial charge in [0.2, 0.25) is 0 Å². The first-order chi connectivity index (χ1) is 9.83. The Kier molecular flexibility index (Phi) is 4.61. The molecule has 1 unspecified atom stereocenters. The highest BCUT2D eigenvalue weighted by Crippen LogP contribution is 2.39. The summed E-state index contributed by atoms with van der Waals surface area (Å²) in [5.41, 5.74) is 1.30. The van der Waals surface area contributed by atoms with Crippen LogP contribution >= 0.6 is 11.3 Å². The molecule has 1 atom stereocenters. The number of hydrogen-bond acceptors (Lipinski definition) is 4. The van der Waals surface area contributed by atoms with Crippen molar-refractivity contribution in [1.29, 1.82) is 0 Å². The van der Waals surface area contributed by atoms with Gasteiger partial charge in [-0.1, -0.05) is 19.8 Å². The van der Waals surface area contributed by atoms with Crippen LogP contribution in [0.4, 0.5) is 5.13 Å². The van der Waals surface area contributed by atoms with Crippen LogP contribution in [0.15, 0.2) is 0 Å². The van der Waals surface area contributed by atoms with Crippen molar-refractivity contribution >= 4 is 16.5 Å². The van der Waals surface area contributed by atoms with E-state index in [2.05, 4.69) is 17.1 Å². The second kappa shape index (κ2) is 6.44. The molecular formula is C16H27N3S. The third-order valence-electron chi connectivity index (χ3n) is 4.93. The van der Waals surface area contributed by atoms with Crippen molar-refractivity contribution in [2.24, 2.45) is 5.92 Å². The zero-order valence-corrected chi connectivity index (χ0v) is 13.6. The Bertz CT molecular complexity index is 437. The van der Waals surface area contributed by atoms with Crippen LogP contribution in [0.1, 0.15) is 56.0 Å². The smallest absolute Gasteiger partial charge is 0.186 e. The number of nitrogens with zero attached hydrogens (tertiary/aromatic N) is 2. The second-order valence-corrected chi connectivity index (χ2v) is 7.26. The van der Waals surface area contributed by atoms with Gasteiger partial charge < -0.3 is 10.2 Å². The molecule has 2 heterocycles. The number of aromatic nitrogens is 1. The molecule has 2 aliphatic rings. The van der Waals surface area contributed by atoms with Crippen molar-refractivity contribution in [2.75, 3.05) is 18.5 Å². The van der Waals surface area contributed by atoms with Crippen molar-refractivity contribution < 1.29 is 0 Å². The molecule has 20 heavy (non-hydrogen) atoms. The number of aryl methyl sites for hydroxylation is 1. The van der Waals surface area contributed by atoms with E-state index in [9.17, 15) is 0 Å². The van der Waals surface area contributed by atoms with Crippen LogP contribution in [-0.4, -0.2) is 24.6 Å². The molecule has 2 fully saturated rings. The molecule has 0 aromatic carbocycles. The summed E-state index contributed by atoms with van der Waals surface area (Å²) in [6.07, 6.45) is 9.55. The molecule has 1 saturated carbocycles. The standard InChI is InChI=1S/C16H27N3S/c1-3-13-15(11-17-2)20-16(18-13)19-10-6-9-14(19)12-7-4-5-8-12/h12,14,17H,3-11H2,1-2H3. The third-order valence-corrected chi connectivity index (χ3v) is 6.06. The van der Waals surface area contributed by atoms with Crippen molar-refractivity contribution in [3.63, 3.8) is 0 Å². The number of hydrogen-bond donors (Lipinski definition) is 1. The van der Waals surface area contributed by atoms with Crippen LogP contribution in [0.2, 0.25) is 0 Å². The summed E-state index contributed by atoms with van der Waals surface area (Å²) in [7, 11) is 2.02. The molecule has 1 aliphatic carbocycles. The predicted molar refractivity (Wildman–Crippen MR) is 86.6 cm³/mol. The molecule has 1 aromatic heterocycles. The Hall–Kier alpha value is -0.610. The maximum absolute atomic E-state index is 4.96. The predicted octanol–water partition coefficient (Wildman–Crippen LogP) is 3.58.